The molecule has 0 aromatic carbocycles. The van der Waals surface area contributed by atoms with Crippen molar-refractivity contribution in [2.45, 2.75) is 19.3 Å². The second kappa shape index (κ2) is 5.40. The van der Waals surface area contributed by atoms with Crippen molar-refractivity contribution in [3.63, 3.8) is 0 Å². The topological polar surface area (TPSA) is 94.9 Å². The van der Waals surface area contributed by atoms with Gasteiger partial charge in [0.25, 0.3) is 0 Å². The van der Waals surface area contributed by atoms with Crippen LogP contribution in [0.3, 0.4) is 0 Å². The monoisotopic (exact) mass is 287 g/mol. The van der Waals surface area contributed by atoms with Gasteiger partial charge in [-0.25, -0.2) is 0 Å². The first kappa shape index (κ1) is 14.2. The van der Waals surface area contributed by atoms with Crippen LogP contribution in [0.1, 0.15) is 19.3 Å². The maximum atomic E-state index is 11.9. The van der Waals surface area contributed by atoms with Crippen molar-refractivity contribution >= 4 is 29.6 Å². The smallest absolute Gasteiger partial charge is 0.313 e. The van der Waals surface area contributed by atoms with Gasteiger partial charge in [0.15, 0.2) is 0 Å². The first-order valence-electron chi connectivity index (χ1n) is 6.25. The van der Waals surface area contributed by atoms with Gasteiger partial charge in [-0.3, -0.25) is 14.4 Å². The highest BCUT2D eigenvalue weighted by atomic mass is 32.2. The molecule has 0 aromatic heterocycles. The van der Waals surface area contributed by atoms with Gasteiger partial charge in [-0.05, 0) is 12.8 Å². The Bertz CT molecular complexity index is 407. The average molecular weight is 287 g/mol. The summed E-state index contributed by atoms with van der Waals surface area (Å²) in [4.78, 5) is 35.2. The summed E-state index contributed by atoms with van der Waals surface area (Å²) in [5, 5.41) is 17.8. The summed E-state index contributed by atoms with van der Waals surface area (Å²) < 4.78 is 0. The van der Waals surface area contributed by atoms with Crippen molar-refractivity contribution in [3.8, 4) is 0 Å². The third-order valence-electron chi connectivity index (χ3n) is 4.10. The molecule has 1 saturated heterocycles. The number of nitrogens with zero attached hydrogens (tertiary/aromatic N) is 1. The standard InChI is InChI=1S/C12H17NO5S/c14-9(5-19-6-10(15)16)13-4-8(11(17)18)12(7-13)2-1-3-12/h8H,1-7H2,(H,15,16)(H,17,18). The molecule has 2 rings (SSSR count). The van der Waals surface area contributed by atoms with E-state index in [0.29, 0.717) is 6.54 Å². The third-order valence-corrected chi connectivity index (χ3v) is 5.00. The number of hydrogen-bond acceptors (Lipinski definition) is 4. The molecule has 0 radical (unpaired) electrons. The van der Waals surface area contributed by atoms with Gasteiger partial charge in [0.05, 0.1) is 17.4 Å². The van der Waals surface area contributed by atoms with E-state index in [1.807, 2.05) is 0 Å². The van der Waals surface area contributed by atoms with Gasteiger partial charge in [-0.1, -0.05) is 6.42 Å². The maximum absolute atomic E-state index is 11.9. The molecule has 6 nitrogen and oxygen atoms in total. The zero-order valence-corrected chi connectivity index (χ0v) is 11.3. The van der Waals surface area contributed by atoms with Crippen LogP contribution in [0.4, 0.5) is 0 Å². The first-order valence-corrected chi connectivity index (χ1v) is 7.40. The quantitative estimate of drug-likeness (QED) is 0.765. The molecule has 1 aliphatic heterocycles. The first-order chi connectivity index (χ1) is 8.94. The van der Waals surface area contributed by atoms with Crippen molar-refractivity contribution in [3.05, 3.63) is 0 Å². The number of hydrogen-bond donors (Lipinski definition) is 2. The average Bonchev–Trinajstić information content (AvgIpc) is 2.68. The Morgan fingerprint density at radius 2 is 1.89 bits per heavy atom. The SMILES string of the molecule is O=C(O)CSCC(=O)N1CC(C(=O)O)C2(CCC2)C1. The zero-order valence-electron chi connectivity index (χ0n) is 10.5. The summed E-state index contributed by atoms with van der Waals surface area (Å²) in [7, 11) is 0. The summed E-state index contributed by atoms with van der Waals surface area (Å²) >= 11 is 1.05. The van der Waals surface area contributed by atoms with E-state index in [1.54, 1.807) is 4.90 Å². The summed E-state index contributed by atoms with van der Waals surface area (Å²) in [6.07, 6.45) is 2.77. The Morgan fingerprint density at radius 3 is 2.32 bits per heavy atom. The largest absolute Gasteiger partial charge is 0.481 e. The predicted molar refractivity (Wildman–Crippen MR) is 69.0 cm³/mol. The van der Waals surface area contributed by atoms with Gasteiger partial charge in [-0.2, -0.15) is 0 Å². The molecule has 1 amide bonds. The number of carboxylic acid groups (broad SMARTS) is 2. The van der Waals surface area contributed by atoms with E-state index in [9.17, 15) is 19.5 Å². The van der Waals surface area contributed by atoms with Gasteiger partial charge in [0.1, 0.15) is 0 Å². The van der Waals surface area contributed by atoms with Gasteiger partial charge < -0.3 is 15.1 Å². The fraction of sp³-hybridized carbons (Fsp3) is 0.750. The van der Waals surface area contributed by atoms with E-state index in [0.717, 1.165) is 31.0 Å². The van der Waals surface area contributed by atoms with Crippen molar-refractivity contribution in [1.82, 2.24) is 4.90 Å². The van der Waals surface area contributed by atoms with Crippen molar-refractivity contribution in [1.29, 1.82) is 0 Å². The van der Waals surface area contributed by atoms with Crippen LogP contribution < -0.4 is 0 Å². The molecule has 1 heterocycles. The van der Waals surface area contributed by atoms with Crippen LogP contribution in [0.5, 0.6) is 0 Å². The number of amides is 1. The minimum atomic E-state index is -0.946. The lowest BCUT2D eigenvalue weighted by molar-refractivity contribution is -0.146. The molecule has 1 saturated carbocycles. The van der Waals surface area contributed by atoms with E-state index in [1.165, 1.54) is 0 Å². The lowest BCUT2D eigenvalue weighted by Crippen LogP contribution is -2.41. The van der Waals surface area contributed by atoms with Crippen molar-refractivity contribution in [2.24, 2.45) is 11.3 Å². The molecule has 106 valence electrons. The number of rotatable bonds is 5. The summed E-state index contributed by atoms with van der Waals surface area (Å²) in [5.41, 5.74) is -0.223. The van der Waals surface area contributed by atoms with Gasteiger partial charge in [-0.15, -0.1) is 11.8 Å². The van der Waals surface area contributed by atoms with Crippen LogP contribution in [-0.4, -0.2) is 57.6 Å². The number of thioether (sulfide) groups is 1. The number of carboxylic acids is 2. The highest BCUT2D eigenvalue weighted by Crippen LogP contribution is 2.51. The molecule has 2 N–H and O–H groups in total. The molecular weight excluding hydrogens is 270 g/mol. The van der Waals surface area contributed by atoms with E-state index in [4.69, 9.17) is 5.11 Å². The summed E-state index contributed by atoms with van der Waals surface area (Å²) in [5.74, 6) is -2.39. The van der Waals surface area contributed by atoms with Crippen LogP contribution in [0, 0.1) is 11.3 Å². The second-order valence-electron chi connectivity index (χ2n) is 5.27. The highest BCUT2D eigenvalue weighted by molar-refractivity contribution is 8.00. The van der Waals surface area contributed by atoms with E-state index >= 15 is 0 Å². The lowest BCUT2D eigenvalue weighted by atomic mass is 9.63. The van der Waals surface area contributed by atoms with E-state index < -0.39 is 17.9 Å². The van der Waals surface area contributed by atoms with Gasteiger partial charge >= 0.3 is 11.9 Å². The Hall–Kier alpha value is -1.24. The normalized spacial score (nSPS) is 24.2. The van der Waals surface area contributed by atoms with Gasteiger partial charge in [0.2, 0.25) is 5.91 Å². The van der Waals surface area contributed by atoms with E-state index in [-0.39, 0.29) is 29.4 Å². The fourth-order valence-electron chi connectivity index (χ4n) is 2.95. The number of carbonyl (C=O) groups excluding carboxylic acids is 1. The van der Waals surface area contributed by atoms with E-state index in [2.05, 4.69) is 0 Å². The van der Waals surface area contributed by atoms with Crippen LogP contribution in [-0.2, 0) is 14.4 Å². The minimum absolute atomic E-state index is 0.104. The molecule has 2 fully saturated rings. The Balaban J connectivity index is 1.90. The molecule has 1 unspecified atom stereocenters. The second-order valence-corrected chi connectivity index (χ2v) is 6.25. The molecule has 2 aliphatic rings. The van der Waals surface area contributed by atoms with Crippen LogP contribution >= 0.6 is 11.8 Å². The Labute approximate surface area is 115 Å². The zero-order chi connectivity index (χ0) is 14.0. The molecule has 0 aromatic rings. The number of aliphatic carboxylic acids is 2. The Morgan fingerprint density at radius 1 is 1.21 bits per heavy atom. The molecular formula is C12H17NO5S. The van der Waals surface area contributed by atoms with Crippen LogP contribution in [0.15, 0.2) is 0 Å². The third kappa shape index (κ3) is 2.86. The summed E-state index contributed by atoms with van der Waals surface area (Å²) in [6.45, 7) is 0.776. The number of likely N-dealkylation sites (tertiary alicyclic amines) is 1. The fourth-order valence-corrected chi connectivity index (χ4v) is 3.59. The highest BCUT2D eigenvalue weighted by Gasteiger charge is 2.54. The molecule has 1 atom stereocenters. The van der Waals surface area contributed by atoms with Crippen LogP contribution in [0.2, 0.25) is 0 Å². The van der Waals surface area contributed by atoms with Gasteiger partial charge in [0, 0.05) is 18.5 Å². The maximum Gasteiger partial charge on any atom is 0.313 e. The minimum Gasteiger partial charge on any atom is -0.481 e. The molecule has 7 heteroatoms. The van der Waals surface area contributed by atoms with Crippen molar-refractivity contribution < 1.29 is 24.6 Å². The predicted octanol–water partition coefficient (Wildman–Crippen LogP) is 0.517. The molecule has 0 bridgehead atoms. The number of carbonyl (C=O) groups is 3. The Kier molecular flexibility index (Phi) is 4.03. The van der Waals surface area contributed by atoms with Crippen LogP contribution in [0.25, 0.3) is 0 Å². The summed E-state index contributed by atoms with van der Waals surface area (Å²) in [6, 6.07) is 0. The molecule has 1 spiro atoms. The van der Waals surface area contributed by atoms with Crippen molar-refractivity contribution in [2.75, 3.05) is 24.6 Å². The molecule has 1 aliphatic carbocycles. The lowest BCUT2D eigenvalue weighted by Gasteiger charge is -2.40. The molecule has 19 heavy (non-hydrogen) atoms.